The van der Waals surface area contributed by atoms with Gasteiger partial charge in [-0.3, -0.25) is 0 Å². The zero-order chi connectivity index (χ0) is 11.5. The highest BCUT2D eigenvalue weighted by molar-refractivity contribution is 7.86. The predicted molar refractivity (Wildman–Crippen MR) is 60.9 cm³/mol. The number of rotatable bonds is 4. The molecule has 0 aliphatic carbocycles. The summed E-state index contributed by atoms with van der Waals surface area (Å²) in [7, 11) is -3.23. The lowest BCUT2D eigenvalue weighted by Crippen LogP contribution is -2.55. The molecular formula is C9H21N3O2S. The van der Waals surface area contributed by atoms with Gasteiger partial charge in [-0.05, 0) is 6.92 Å². The van der Waals surface area contributed by atoms with Crippen LogP contribution in [0.4, 0.5) is 0 Å². The number of nitrogens with zero attached hydrogens (tertiary/aromatic N) is 2. The lowest BCUT2D eigenvalue weighted by molar-refractivity contribution is 0.284. The van der Waals surface area contributed by atoms with Crippen molar-refractivity contribution in [2.75, 3.05) is 32.7 Å². The third kappa shape index (κ3) is 2.90. The largest absolute Gasteiger partial charge is 0.312 e. The summed E-state index contributed by atoms with van der Waals surface area (Å²) < 4.78 is 27.3. The fourth-order valence-electron chi connectivity index (χ4n) is 1.82. The summed E-state index contributed by atoms with van der Waals surface area (Å²) in [4.78, 5) is 0. The molecule has 1 aliphatic rings. The van der Waals surface area contributed by atoms with Crippen molar-refractivity contribution in [3.05, 3.63) is 0 Å². The minimum Gasteiger partial charge on any atom is -0.312 e. The molecule has 1 atom stereocenters. The minimum atomic E-state index is -3.23. The van der Waals surface area contributed by atoms with Gasteiger partial charge in [-0.1, -0.05) is 13.8 Å². The Morgan fingerprint density at radius 3 is 2.47 bits per heavy atom. The second-order valence-corrected chi connectivity index (χ2v) is 5.73. The van der Waals surface area contributed by atoms with Crippen LogP contribution >= 0.6 is 0 Å². The van der Waals surface area contributed by atoms with E-state index in [-0.39, 0.29) is 6.04 Å². The van der Waals surface area contributed by atoms with Crippen LogP contribution in [0.25, 0.3) is 0 Å². The van der Waals surface area contributed by atoms with Crippen LogP contribution in [0.2, 0.25) is 0 Å². The summed E-state index contributed by atoms with van der Waals surface area (Å²) in [6.45, 7) is 8.70. The van der Waals surface area contributed by atoms with Crippen molar-refractivity contribution in [2.45, 2.75) is 26.8 Å². The third-order valence-corrected chi connectivity index (χ3v) is 4.84. The Kier molecular flexibility index (Phi) is 4.51. The number of hydrogen-bond acceptors (Lipinski definition) is 3. The maximum Gasteiger partial charge on any atom is 0.282 e. The predicted octanol–water partition coefficient (Wildman–Crippen LogP) is -0.133. The average Bonchev–Trinajstić information content (AvgIpc) is 2.19. The van der Waals surface area contributed by atoms with Gasteiger partial charge in [-0.25, -0.2) is 0 Å². The Labute approximate surface area is 92.6 Å². The van der Waals surface area contributed by atoms with Crippen molar-refractivity contribution in [2.24, 2.45) is 0 Å². The van der Waals surface area contributed by atoms with Crippen molar-refractivity contribution in [1.29, 1.82) is 0 Å². The van der Waals surface area contributed by atoms with E-state index in [4.69, 9.17) is 0 Å². The maximum atomic E-state index is 12.1. The first-order valence-corrected chi connectivity index (χ1v) is 6.90. The molecule has 0 bridgehead atoms. The molecule has 0 radical (unpaired) electrons. The van der Waals surface area contributed by atoms with E-state index in [1.807, 2.05) is 20.8 Å². The summed E-state index contributed by atoms with van der Waals surface area (Å²) in [5.74, 6) is 0. The van der Waals surface area contributed by atoms with E-state index >= 15 is 0 Å². The highest BCUT2D eigenvalue weighted by Crippen LogP contribution is 2.10. The fourth-order valence-corrected chi connectivity index (χ4v) is 3.53. The van der Waals surface area contributed by atoms with Crippen molar-refractivity contribution >= 4 is 10.2 Å². The SMILES string of the molecule is CCN(CC)S(=O)(=O)N1CCN[C@@H](C)C1. The van der Waals surface area contributed by atoms with E-state index in [9.17, 15) is 8.42 Å². The monoisotopic (exact) mass is 235 g/mol. The summed E-state index contributed by atoms with van der Waals surface area (Å²) in [6, 6.07) is 0.240. The van der Waals surface area contributed by atoms with Crippen molar-refractivity contribution in [1.82, 2.24) is 13.9 Å². The summed E-state index contributed by atoms with van der Waals surface area (Å²) in [5.41, 5.74) is 0. The molecule has 90 valence electrons. The van der Waals surface area contributed by atoms with Gasteiger partial charge in [0.05, 0.1) is 0 Å². The molecule has 0 saturated carbocycles. The van der Waals surface area contributed by atoms with Gasteiger partial charge in [-0.2, -0.15) is 17.0 Å². The average molecular weight is 235 g/mol. The molecule has 0 spiro atoms. The molecule has 0 unspecified atom stereocenters. The third-order valence-electron chi connectivity index (χ3n) is 2.69. The molecule has 0 aromatic heterocycles. The number of hydrogen-bond donors (Lipinski definition) is 1. The summed E-state index contributed by atoms with van der Waals surface area (Å²) in [6.07, 6.45) is 0. The molecule has 1 aliphatic heterocycles. The first-order valence-electron chi connectivity index (χ1n) is 5.51. The Hall–Kier alpha value is -0.170. The van der Waals surface area contributed by atoms with E-state index in [1.165, 1.54) is 4.31 Å². The first kappa shape index (κ1) is 12.9. The molecule has 5 nitrogen and oxygen atoms in total. The quantitative estimate of drug-likeness (QED) is 0.738. The molecule has 1 rings (SSSR count). The van der Waals surface area contributed by atoms with E-state index in [1.54, 1.807) is 4.31 Å². The Balaban J connectivity index is 2.75. The smallest absolute Gasteiger partial charge is 0.282 e. The van der Waals surface area contributed by atoms with Gasteiger partial charge in [0.15, 0.2) is 0 Å². The van der Waals surface area contributed by atoms with Gasteiger partial charge in [-0.15, -0.1) is 0 Å². The lowest BCUT2D eigenvalue weighted by Gasteiger charge is -2.34. The maximum absolute atomic E-state index is 12.1. The number of nitrogens with one attached hydrogen (secondary N) is 1. The van der Waals surface area contributed by atoms with E-state index in [0.717, 1.165) is 6.54 Å². The van der Waals surface area contributed by atoms with Gasteiger partial charge < -0.3 is 5.32 Å². The van der Waals surface area contributed by atoms with E-state index in [0.29, 0.717) is 26.2 Å². The molecule has 1 fully saturated rings. The molecule has 1 N–H and O–H groups in total. The normalized spacial score (nSPS) is 24.7. The van der Waals surface area contributed by atoms with Crippen LogP contribution in [0.1, 0.15) is 20.8 Å². The fraction of sp³-hybridized carbons (Fsp3) is 1.00. The van der Waals surface area contributed by atoms with E-state index in [2.05, 4.69) is 5.32 Å². The van der Waals surface area contributed by atoms with Crippen molar-refractivity contribution < 1.29 is 8.42 Å². The van der Waals surface area contributed by atoms with Crippen molar-refractivity contribution in [3.8, 4) is 0 Å². The van der Waals surface area contributed by atoms with Crippen molar-refractivity contribution in [3.63, 3.8) is 0 Å². The lowest BCUT2D eigenvalue weighted by atomic mass is 10.3. The molecule has 0 aromatic carbocycles. The molecule has 0 amide bonds. The van der Waals surface area contributed by atoms with Gasteiger partial charge in [0.2, 0.25) is 0 Å². The number of piperazine rings is 1. The summed E-state index contributed by atoms with van der Waals surface area (Å²) in [5, 5.41) is 3.23. The highest BCUT2D eigenvalue weighted by Gasteiger charge is 2.30. The van der Waals surface area contributed by atoms with Crippen LogP contribution in [0, 0.1) is 0 Å². The molecule has 6 heteroatoms. The topological polar surface area (TPSA) is 52.7 Å². The van der Waals surface area contributed by atoms with Gasteiger partial charge in [0.1, 0.15) is 0 Å². The first-order chi connectivity index (χ1) is 7.02. The van der Waals surface area contributed by atoms with Gasteiger partial charge >= 0.3 is 0 Å². The Bertz CT molecular complexity index is 288. The minimum absolute atomic E-state index is 0.240. The van der Waals surface area contributed by atoms with Crippen LogP contribution in [0.3, 0.4) is 0 Å². The van der Waals surface area contributed by atoms with Crippen LogP contribution in [-0.4, -0.2) is 55.8 Å². The molecular weight excluding hydrogens is 214 g/mol. The van der Waals surface area contributed by atoms with Crippen LogP contribution in [0.5, 0.6) is 0 Å². The molecule has 1 heterocycles. The highest BCUT2D eigenvalue weighted by atomic mass is 32.2. The van der Waals surface area contributed by atoms with Crippen LogP contribution in [-0.2, 0) is 10.2 Å². The second kappa shape index (κ2) is 5.25. The summed E-state index contributed by atoms with van der Waals surface area (Å²) >= 11 is 0. The van der Waals surface area contributed by atoms with E-state index < -0.39 is 10.2 Å². The van der Waals surface area contributed by atoms with Gasteiger partial charge in [0.25, 0.3) is 10.2 Å². The second-order valence-electron chi connectivity index (χ2n) is 3.81. The zero-order valence-corrected chi connectivity index (χ0v) is 10.5. The Morgan fingerprint density at radius 1 is 1.40 bits per heavy atom. The Morgan fingerprint density at radius 2 is 2.00 bits per heavy atom. The van der Waals surface area contributed by atoms with Crippen LogP contribution in [0.15, 0.2) is 0 Å². The molecule has 1 saturated heterocycles. The van der Waals surface area contributed by atoms with Gasteiger partial charge in [0, 0.05) is 38.8 Å². The van der Waals surface area contributed by atoms with Crippen LogP contribution < -0.4 is 5.32 Å². The molecule has 15 heavy (non-hydrogen) atoms. The zero-order valence-electron chi connectivity index (χ0n) is 9.73. The molecule has 0 aromatic rings. The standard InChI is InChI=1S/C9H21N3O2S/c1-4-11(5-2)15(13,14)12-7-6-10-9(3)8-12/h9-10H,4-8H2,1-3H3/t9-/m0/s1.